The van der Waals surface area contributed by atoms with Gasteiger partial charge in [0.1, 0.15) is 5.82 Å². The fourth-order valence-corrected chi connectivity index (χ4v) is 4.33. The number of sulfonamides is 1. The summed E-state index contributed by atoms with van der Waals surface area (Å²) < 4.78 is 39.7. The maximum absolute atomic E-state index is 13.6. The van der Waals surface area contributed by atoms with Crippen LogP contribution >= 0.6 is 0 Å². The minimum Gasteiger partial charge on any atom is -0.310 e. The van der Waals surface area contributed by atoms with Gasteiger partial charge in [-0.05, 0) is 50.3 Å². The van der Waals surface area contributed by atoms with Crippen LogP contribution < -0.4 is 5.32 Å². The minimum atomic E-state index is -3.18. The number of halogens is 1. The molecule has 6 heteroatoms. The molecule has 0 aromatic heterocycles. The van der Waals surface area contributed by atoms with Gasteiger partial charge in [-0.3, -0.25) is 0 Å². The van der Waals surface area contributed by atoms with Gasteiger partial charge in [0.2, 0.25) is 10.0 Å². The van der Waals surface area contributed by atoms with Crippen molar-refractivity contribution >= 4 is 10.0 Å². The third kappa shape index (κ3) is 4.31. The van der Waals surface area contributed by atoms with Crippen LogP contribution in [0.3, 0.4) is 0 Å². The lowest BCUT2D eigenvalue weighted by Gasteiger charge is -2.37. The van der Waals surface area contributed by atoms with Gasteiger partial charge < -0.3 is 5.32 Å². The topological polar surface area (TPSA) is 49.4 Å². The van der Waals surface area contributed by atoms with E-state index in [4.69, 9.17) is 0 Å². The van der Waals surface area contributed by atoms with Crippen molar-refractivity contribution < 1.29 is 12.8 Å². The van der Waals surface area contributed by atoms with E-state index in [1.165, 1.54) is 0 Å². The van der Waals surface area contributed by atoms with Gasteiger partial charge in [-0.1, -0.05) is 19.1 Å². The van der Waals surface area contributed by atoms with Crippen LogP contribution in [0.15, 0.2) is 18.2 Å². The molecule has 2 atom stereocenters. The van der Waals surface area contributed by atoms with E-state index in [1.54, 1.807) is 37.2 Å². The Hall–Kier alpha value is -0.980. The third-order valence-corrected chi connectivity index (χ3v) is 6.87. The van der Waals surface area contributed by atoms with Crippen LogP contribution in [0.5, 0.6) is 0 Å². The molecule has 0 radical (unpaired) electrons. The van der Waals surface area contributed by atoms with Crippen molar-refractivity contribution in [1.82, 2.24) is 9.62 Å². The van der Waals surface area contributed by atoms with Gasteiger partial charge in [-0.25, -0.2) is 17.1 Å². The normalized spacial score (nSPS) is 23.4. The van der Waals surface area contributed by atoms with Gasteiger partial charge >= 0.3 is 0 Å². The number of benzene rings is 1. The van der Waals surface area contributed by atoms with Gasteiger partial charge in [0.15, 0.2) is 0 Å². The Balaban J connectivity index is 1.93. The lowest BCUT2D eigenvalue weighted by atomic mass is 9.95. The summed E-state index contributed by atoms with van der Waals surface area (Å²) in [5.74, 6) is 0.0442. The highest BCUT2D eigenvalue weighted by Crippen LogP contribution is 2.22. The highest BCUT2D eigenvalue weighted by Gasteiger charge is 2.33. The molecule has 1 saturated heterocycles. The first kappa shape index (κ1) is 18.4. The Morgan fingerprint density at radius 1 is 1.39 bits per heavy atom. The van der Waals surface area contributed by atoms with E-state index in [2.05, 4.69) is 12.2 Å². The van der Waals surface area contributed by atoms with Gasteiger partial charge in [0.25, 0.3) is 0 Å². The van der Waals surface area contributed by atoms with Crippen molar-refractivity contribution in [3.63, 3.8) is 0 Å². The summed E-state index contributed by atoms with van der Waals surface area (Å²) in [7, 11) is -3.18. The van der Waals surface area contributed by atoms with Crippen molar-refractivity contribution in [3.8, 4) is 0 Å². The van der Waals surface area contributed by atoms with E-state index in [0.29, 0.717) is 25.2 Å². The molecule has 1 aromatic carbocycles. The monoisotopic (exact) mass is 342 g/mol. The van der Waals surface area contributed by atoms with E-state index < -0.39 is 10.0 Å². The van der Waals surface area contributed by atoms with Gasteiger partial charge in [0, 0.05) is 25.7 Å². The molecule has 1 aliphatic heterocycles. The molecule has 1 N–H and O–H groups in total. The smallest absolute Gasteiger partial charge is 0.216 e. The van der Waals surface area contributed by atoms with Crippen molar-refractivity contribution in [2.24, 2.45) is 5.92 Å². The molecule has 23 heavy (non-hydrogen) atoms. The van der Waals surface area contributed by atoms with Crippen LogP contribution in [0.1, 0.15) is 38.3 Å². The van der Waals surface area contributed by atoms with Crippen LogP contribution in [0.4, 0.5) is 4.39 Å². The lowest BCUT2D eigenvalue weighted by Crippen LogP contribution is -2.51. The second kappa shape index (κ2) is 7.28. The molecule has 4 nitrogen and oxygen atoms in total. The Bertz CT molecular complexity index is 646. The summed E-state index contributed by atoms with van der Waals surface area (Å²) in [5, 5.41) is 3.07. The standard InChI is InChI=1S/C17H27FN2O2S/c1-12(2)23(21,22)20-8-7-17(14(4)11-20)19-10-15-6-5-13(3)16(18)9-15/h5-6,9,12,14,17,19H,7-8,10-11H2,1-4H3/t14-,17-/m1/s1. The molecule has 0 unspecified atom stereocenters. The summed E-state index contributed by atoms with van der Waals surface area (Å²) in [6.45, 7) is 8.94. The van der Waals surface area contributed by atoms with Crippen LogP contribution in [0, 0.1) is 18.7 Å². The Morgan fingerprint density at radius 2 is 2.09 bits per heavy atom. The van der Waals surface area contributed by atoms with Gasteiger partial charge in [-0.15, -0.1) is 0 Å². The third-order valence-electron chi connectivity index (χ3n) is 4.63. The van der Waals surface area contributed by atoms with Gasteiger partial charge in [-0.2, -0.15) is 0 Å². The molecule has 0 spiro atoms. The van der Waals surface area contributed by atoms with Crippen LogP contribution in [-0.4, -0.2) is 37.1 Å². The van der Waals surface area contributed by atoms with E-state index >= 15 is 0 Å². The van der Waals surface area contributed by atoms with Crippen molar-refractivity contribution in [1.29, 1.82) is 0 Å². The predicted octanol–water partition coefficient (Wildman–Crippen LogP) is 2.67. The number of piperidine rings is 1. The first-order valence-electron chi connectivity index (χ1n) is 8.19. The Kier molecular flexibility index (Phi) is 5.81. The average Bonchev–Trinajstić information content (AvgIpc) is 2.49. The van der Waals surface area contributed by atoms with Crippen molar-refractivity contribution in [2.75, 3.05) is 13.1 Å². The molecule has 1 aliphatic rings. The second-order valence-corrected chi connectivity index (χ2v) is 9.28. The second-order valence-electron chi connectivity index (χ2n) is 6.79. The number of rotatable bonds is 5. The Labute approximate surface area is 139 Å². The fourth-order valence-electron chi connectivity index (χ4n) is 2.94. The summed E-state index contributed by atoms with van der Waals surface area (Å²) in [6.07, 6.45) is 0.779. The van der Waals surface area contributed by atoms with Crippen molar-refractivity contribution in [2.45, 2.75) is 52.0 Å². The maximum atomic E-state index is 13.6. The predicted molar refractivity (Wildman–Crippen MR) is 91.2 cm³/mol. The molecule has 0 amide bonds. The summed E-state index contributed by atoms with van der Waals surface area (Å²) in [5.41, 5.74) is 1.56. The lowest BCUT2D eigenvalue weighted by molar-refractivity contribution is 0.218. The molecular weight excluding hydrogens is 315 g/mol. The van der Waals surface area contributed by atoms with Crippen LogP contribution in [-0.2, 0) is 16.6 Å². The molecule has 1 fully saturated rings. The largest absolute Gasteiger partial charge is 0.310 e. The zero-order valence-electron chi connectivity index (χ0n) is 14.3. The molecule has 130 valence electrons. The summed E-state index contributed by atoms with van der Waals surface area (Å²) in [6, 6.07) is 5.52. The molecular formula is C17H27FN2O2S. The van der Waals surface area contributed by atoms with Crippen LogP contribution in [0.2, 0.25) is 0 Å². The van der Waals surface area contributed by atoms with E-state index in [-0.39, 0.29) is 23.0 Å². The number of nitrogens with zero attached hydrogens (tertiary/aromatic N) is 1. The summed E-state index contributed by atoms with van der Waals surface area (Å²) >= 11 is 0. The fraction of sp³-hybridized carbons (Fsp3) is 0.647. The highest BCUT2D eigenvalue weighted by atomic mass is 32.2. The molecule has 0 aliphatic carbocycles. The summed E-state index contributed by atoms with van der Waals surface area (Å²) in [4.78, 5) is 0. The molecule has 0 saturated carbocycles. The first-order chi connectivity index (χ1) is 10.7. The molecule has 1 aromatic rings. The zero-order valence-corrected chi connectivity index (χ0v) is 15.2. The van der Waals surface area contributed by atoms with E-state index in [1.807, 2.05) is 6.07 Å². The molecule has 0 bridgehead atoms. The quantitative estimate of drug-likeness (QED) is 0.895. The number of nitrogens with one attached hydrogen (secondary N) is 1. The first-order valence-corrected chi connectivity index (χ1v) is 9.69. The molecule has 2 rings (SSSR count). The maximum Gasteiger partial charge on any atom is 0.216 e. The minimum absolute atomic E-state index is 0.185. The average molecular weight is 342 g/mol. The Morgan fingerprint density at radius 3 is 2.65 bits per heavy atom. The van der Waals surface area contributed by atoms with Crippen molar-refractivity contribution in [3.05, 3.63) is 35.1 Å². The van der Waals surface area contributed by atoms with Crippen LogP contribution in [0.25, 0.3) is 0 Å². The van der Waals surface area contributed by atoms with Gasteiger partial charge in [0.05, 0.1) is 5.25 Å². The van der Waals surface area contributed by atoms with E-state index in [0.717, 1.165) is 12.0 Å². The SMILES string of the molecule is Cc1ccc(CN[C@@H]2CCN(S(=O)(=O)C(C)C)C[C@H]2C)cc1F. The zero-order chi connectivity index (χ0) is 17.2. The number of aryl methyl sites for hydroxylation is 1. The number of hydrogen-bond acceptors (Lipinski definition) is 3. The highest BCUT2D eigenvalue weighted by molar-refractivity contribution is 7.89. The number of hydrogen-bond donors (Lipinski definition) is 1. The van der Waals surface area contributed by atoms with E-state index in [9.17, 15) is 12.8 Å². The molecule has 1 heterocycles.